The third kappa shape index (κ3) is 58.4. The second-order valence-electron chi connectivity index (χ2n) is 2.94. The fourth-order valence-electron chi connectivity index (χ4n) is 0.208. The normalized spacial score (nSPS) is 12.6. The Kier molecular flexibility index (Phi) is 24.8. The van der Waals surface area contributed by atoms with Gasteiger partial charge in [0.15, 0.2) is 0 Å². The van der Waals surface area contributed by atoms with E-state index < -0.39 is 62.4 Å². The fraction of sp³-hybridized carbons (Fsp3) is 0. The van der Waals surface area contributed by atoms with E-state index >= 15 is 0 Å². The molecule has 0 aromatic rings. The maximum atomic E-state index is 9.51. The summed E-state index contributed by atoms with van der Waals surface area (Å²) in [6.07, 6.45) is 0. The molecule has 32 heavy (non-hydrogen) atoms. The van der Waals surface area contributed by atoms with E-state index in [1.54, 1.807) is 0 Å². The average Bonchev–Trinajstić information content (AvgIpc) is 2.38. The second kappa shape index (κ2) is 17.9. The summed E-state index contributed by atoms with van der Waals surface area (Å²) in [7, 11) is -30.7. The van der Waals surface area contributed by atoms with Crippen LogP contribution >= 0.6 is 0 Å². The molecule has 0 aliphatic carbocycles. The fourth-order valence-corrected chi connectivity index (χ4v) is 1.88. The van der Waals surface area contributed by atoms with Crippen molar-refractivity contribution in [1.82, 2.24) is 0 Å². The largest absolute Gasteiger partial charge is 1.00 e. The van der Waals surface area contributed by atoms with Gasteiger partial charge in [-0.15, -0.1) is 8.67 Å². The van der Waals surface area contributed by atoms with Crippen molar-refractivity contribution in [1.29, 1.82) is 0 Å². The van der Waals surface area contributed by atoms with E-state index in [1.165, 1.54) is 0 Å². The van der Waals surface area contributed by atoms with Crippen LogP contribution in [-0.2, 0) is 88.4 Å². The van der Waals surface area contributed by atoms with Crippen molar-refractivity contribution < 1.29 is 207 Å². The van der Waals surface area contributed by atoms with E-state index in [4.69, 9.17) is 18.2 Å². The van der Waals surface area contributed by atoms with Gasteiger partial charge >= 0.3 is 144 Å². The van der Waals surface area contributed by atoms with Gasteiger partial charge in [-0.25, -0.2) is 16.8 Å². The molecule has 186 valence electrons. The van der Waals surface area contributed by atoms with Crippen molar-refractivity contribution in [2.75, 3.05) is 0 Å². The summed E-state index contributed by atoms with van der Waals surface area (Å²) in [5.41, 5.74) is 0. The molecule has 0 spiro atoms. The van der Waals surface area contributed by atoms with Gasteiger partial charge in [-0.3, -0.25) is 18.2 Å². The van der Waals surface area contributed by atoms with E-state index in [1.807, 2.05) is 0 Å². The van der Waals surface area contributed by atoms with Crippen LogP contribution in [0.1, 0.15) is 0 Å². The van der Waals surface area contributed by atoms with Gasteiger partial charge in [-0.1, -0.05) is 17.3 Å². The average molecular weight is 659 g/mol. The smallest absolute Gasteiger partial charge is 0.724 e. The topological polar surface area (TPSA) is 387 Å². The van der Waals surface area contributed by atoms with Crippen molar-refractivity contribution in [3.05, 3.63) is 0 Å². The summed E-state index contributed by atoms with van der Waals surface area (Å²) < 4.78 is 179. The van der Waals surface area contributed by atoms with Crippen LogP contribution in [-0.4, -0.2) is 77.8 Å². The van der Waals surface area contributed by atoms with E-state index in [-0.39, 0.29) is 103 Å². The molecular formula is H4K2O24S6. The van der Waals surface area contributed by atoms with E-state index in [0.29, 0.717) is 0 Å². The van der Waals surface area contributed by atoms with Gasteiger partial charge in [-0.2, -0.15) is 33.7 Å². The summed E-state index contributed by atoms with van der Waals surface area (Å²) in [6.45, 7) is 0. The van der Waals surface area contributed by atoms with Crippen LogP contribution in [0.25, 0.3) is 0 Å². The minimum atomic E-state index is -5.31. The molecule has 0 saturated heterocycles. The Morgan fingerprint density at radius 1 is 0.375 bits per heavy atom. The Bertz CT molecular complexity index is 893. The summed E-state index contributed by atoms with van der Waals surface area (Å²) in [6, 6.07) is 0. The third-order valence-corrected chi connectivity index (χ3v) is 2.28. The second-order valence-corrected chi connectivity index (χ2v) is 8.81. The quantitative estimate of drug-likeness (QED) is 0.0587. The van der Waals surface area contributed by atoms with Gasteiger partial charge in [-0.05, 0) is 0 Å². The molecule has 0 heterocycles. The number of rotatable bonds is 9. The zero-order valence-electron chi connectivity index (χ0n) is 14.4. The van der Waals surface area contributed by atoms with E-state index in [2.05, 4.69) is 26.0 Å². The summed E-state index contributed by atoms with van der Waals surface area (Å²) in [5.74, 6) is 0. The zero-order chi connectivity index (χ0) is 25.2. The number of hydrogen-bond acceptors (Lipinski definition) is 20. The van der Waals surface area contributed by atoms with Gasteiger partial charge in [0.05, 0.1) is 0 Å². The molecule has 0 amide bonds. The van der Waals surface area contributed by atoms with Crippen LogP contribution in [0, 0.1) is 0 Å². The van der Waals surface area contributed by atoms with E-state index in [0.717, 1.165) is 0 Å². The van der Waals surface area contributed by atoms with Crippen LogP contribution < -0.4 is 103 Å². The van der Waals surface area contributed by atoms with Crippen LogP contribution in [0.3, 0.4) is 0 Å². The van der Waals surface area contributed by atoms with Crippen LogP contribution in [0.15, 0.2) is 0 Å². The molecule has 0 radical (unpaired) electrons. The Hall–Kier alpha value is 2.49. The zero-order valence-corrected chi connectivity index (χ0v) is 25.5. The van der Waals surface area contributed by atoms with Crippen molar-refractivity contribution in [3.8, 4) is 0 Å². The molecule has 0 aliphatic rings. The van der Waals surface area contributed by atoms with Crippen LogP contribution in [0.5, 0.6) is 0 Å². The monoisotopic (exact) mass is 658 g/mol. The Morgan fingerprint density at radius 3 is 0.562 bits per heavy atom. The molecule has 0 saturated carbocycles. The standard InChI is InChI=1S/2K.3H2O8S2/c;;3*1-9(2,3)7-8-10(4,5)6/h;;3*(H,1,2,3)(H,4,5,6)/q2*+1;;;/p-2. The first-order valence-electron chi connectivity index (χ1n) is 4.56. The summed E-state index contributed by atoms with van der Waals surface area (Å²) >= 11 is 0. The Morgan fingerprint density at radius 2 is 0.500 bits per heavy atom. The Balaban J connectivity index is -0.000000110. The van der Waals surface area contributed by atoms with Crippen LogP contribution in [0.2, 0.25) is 0 Å². The maximum Gasteiger partial charge on any atom is 1.00 e. The van der Waals surface area contributed by atoms with E-state index in [9.17, 15) is 59.6 Å². The summed E-state index contributed by atoms with van der Waals surface area (Å²) in [4.78, 5) is 0. The van der Waals surface area contributed by atoms with Crippen molar-refractivity contribution in [2.24, 2.45) is 0 Å². The molecule has 0 aromatic heterocycles. The molecule has 4 N–H and O–H groups in total. The molecule has 24 nitrogen and oxygen atoms in total. The third-order valence-electron chi connectivity index (χ3n) is 0.594. The predicted octanol–water partition coefficient (Wildman–Crippen LogP) is -11.1. The summed E-state index contributed by atoms with van der Waals surface area (Å²) in [5, 5.41) is 0. The van der Waals surface area contributed by atoms with Crippen molar-refractivity contribution in [2.45, 2.75) is 0 Å². The van der Waals surface area contributed by atoms with Crippen molar-refractivity contribution in [3.63, 3.8) is 0 Å². The molecule has 0 atom stereocenters. The minimum Gasteiger partial charge on any atom is -0.724 e. The predicted molar refractivity (Wildman–Crippen MR) is 72.1 cm³/mol. The molecule has 0 aromatic carbocycles. The van der Waals surface area contributed by atoms with Crippen LogP contribution in [0.4, 0.5) is 0 Å². The molecule has 0 fully saturated rings. The van der Waals surface area contributed by atoms with Gasteiger partial charge < -0.3 is 9.11 Å². The molecule has 0 aliphatic heterocycles. The Labute approximate surface area is 264 Å². The first-order valence-corrected chi connectivity index (χ1v) is 12.7. The van der Waals surface area contributed by atoms with Gasteiger partial charge in [0, 0.05) is 0 Å². The number of hydrogen-bond donors (Lipinski definition) is 4. The first kappa shape index (κ1) is 44.5. The molecular weight excluding hydrogens is 655 g/mol. The van der Waals surface area contributed by atoms with Crippen molar-refractivity contribution >= 4 is 62.4 Å². The first-order chi connectivity index (χ1) is 12.6. The van der Waals surface area contributed by atoms with Gasteiger partial charge in [0.25, 0.3) is 0 Å². The molecule has 0 unspecified atom stereocenters. The minimum absolute atomic E-state index is 0. The maximum absolute atomic E-state index is 9.51. The van der Waals surface area contributed by atoms with Gasteiger partial charge in [0.1, 0.15) is 0 Å². The molecule has 0 rings (SSSR count). The van der Waals surface area contributed by atoms with Gasteiger partial charge in [0.2, 0.25) is 20.8 Å². The SMILES string of the molecule is O=S(=O)(O)OOS(=O)(=O)O.O=S(=O)(O)OOS(=O)(=O)O.O=S(=O)([O-])OOS(=O)(=O)[O-].[K+].[K+]. The molecule has 0 bridgehead atoms. The molecule has 32 heteroatoms.